The number of hydrogen-bond acceptors (Lipinski definition) is 6. The first-order valence-electron chi connectivity index (χ1n) is 9.08. The van der Waals surface area contributed by atoms with E-state index in [1.165, 1.54) is 11.9 Å². The summed E-state index contributed by atoms with van der Waals surface area (Å²) in [6.07, 6.45) is 3.28. The van der Waals surface area contributed by atoms with Gasteiger partial charge >= 0.3 is 6.03 Å². The third-order valence-corrected chi connectivity index (χ3v) is 5.67. The Morgan fingerprint density at radius 3 is 2.93 bits per heavy atom. The van der Waals surface area contributed by atoms with E-state index in [9.17, 15) is 19.2 Å². The summed E-state index contributed by atoms with van der Waals surface area (Å²) in [5.74, 6) is -0.407. The molecule has 3 fully saturated rings. The second kappa shape index (κ2) is 6.89. The third-order valence-electron chi connectivity index (χ3n) is 5.67. The van der Waals surface area contributed by atoms with Crippen molar-refractivity contribution in [1.29, 1.82) is 0 Å². The molecule has 0 saturated carbocycles. The number of urea groups is 1. The molecule has 2 atom stereocenters. The normalized spacial score (nSPS) is 26.9. The predicted molar refractivity (Wildman–Crippen MR) is 93.5 cm³/mol. The fraction of sp³-hybridized carbons (Fsp3) is 0.588. The number of aromatic nitrogens is 2. The van der Waals surface area contributed by atoms with Crippen LogP contribution in [0.15, 0.2) is 12.4 Å². The van der Waals surface area contributed by atoms with E-state index in [0.717, 1.165) is 4.90 Å². The van der Waals surface area contributed by atoms with Crippen LogP contribution in [-0.4, -0.2) is 94.9 Å². The maximum atomic E-state index is 12.9. The van der Waals surface area contributed by atoms with E-state index in [-0.39, 0.29) is 50.5 Å². The van der Waals surface area contributed by atoms with Crippen LogP contribution in [0.25, 0.3) is 0 Å². The third kappa shape index (κ3) is 3.01. The molecule has 150 valence electrons. The number of hydrogen-bond donors (Lipinski definition) is 2. The van der Waals surface area contributed by atoms with Crippen LogP contribution < -0.4 is 5.32 Å². The molecule has 3 aliphatic rings. The Labute approximate surface area is 161 Å². The highest BCUT2D eigenvalue weighted by atomic mass is 16.5. The van der Waals surface area contributed by atoms with Gasteiger partial charge in [-0.25, -0.2) is 9.78 Å². The van der Waals surface area contributed by atoms with Crippen LogP contribution in [0.1, 0.15) is 5.82 Å². The van der Waals surface area contributed by atoms with Crippen molar-refractivity contribution >= 4 is 23.8 Å². The molecule has 11 nitrogen and oxygen atoms in total. The Balaban J connectivity index is 1.41. The molecule has 4 heterocycles. The minimum absolute atomic E-state index is 0.0261. The van der Waals surface area contributed by atoms with Gasteiger partial charge < -0.3 is 24.8 Å². The summed E-state index contributed by atoms with van der Waals surface area (Å²) in [5, 5.41) is 2.87. The molecule has 1 aromatic heterocycles. The van der Waals surface area contributed by atoms with Crippen LogP contribution in [0.5, 0.6) is 0 Å². The number of aromatic amines is 1. The molecule has 2 N–H and O–H groups in total. The number of nitrogens with one attached hydrogen (secondary N) is 2. The van der Waals surface area contributed by atoms with Gasteiger partial charge in [0.25, 0.3) is 5.91 Å². The summed E-state index contributed by atoms with van der Waals surface area (Å²) in [6, 6.07) is -0.480. The van der Waals surface area contributed by atoms with Gasteiger partial charge in [0.2, 0.25) is 11.8 Å². The highest BCUT2D eigenvalue weighted by Crippen LogP contribution is 2.41. The standard InChI is InChI=1S/C17H22N6O5/c1-21-6-14(25)23(16(21)27)7-13(24)22-5-11-8-28-10-17(11,9-22)15(26)20-4-12-18-2-3-19-12/h2-3,11H,4-10H2,1H3,(H,18,19)(H,20,26)/t11-,17-/m0/s1. The number of H-pyrrole nitrogens is 1. The Kier molecular flexibility index (Phi) is 4.53. The SMILES string of the molecule is CN1CC(=O)N(CC(=O)N2C[C@H]3COC[C@@]3(C(=O)NCc3ncc[nH]3)C2)C1=O. The van der Waals surface area contributed by atoms with Crippen molar-refractivity contribution < 1.29 is 23.9 Å². The van der Waals surface area contributed by atoms with Crippen molar-refractivity contribution in [1.82, 2.24) is 30.0 Å². The molecule has 5 amide bonds. The van der Waals surface area contributed by atoms with E-state index in [0.29, 0.717) is 19.0 Å². The first-order chi connectivity index (χ1) is 13.4. The summed E-state index contributed by atoms with van der Waals surface area (Å²) in [4.78, 5) is 60.3. The van der Waals surface area contributed by atoms with Crippen LogP contribution in [0.2, 0.25) is 0 Å². The Morgan fingerprint density at radius 2 is 2.25 bits per heavy atom. The second-order valence-corrected chi connectivity index (χ2v) is 7.48. The Morgan fingerprint density at radius 1 is 1.43 bits per heavy atom. The van der Waals surface area contributed by atoms with Gasteiger partial charge in [-0.15, -0.1) is 0 Å². The van der Waals surface area contributed by atoms with Crippen LogP contribution in [-0.2, 0) is 25.7 Å². The van der Waals surface area contributed by atoms with Crippen molar-refractivity contribution in [2.24, 2.45) is 11.3 Å². The second-order valence-electron chi connectivity index (χ2n) is 7.48. The first-order valence-corrected chi connectivity index (χ1v) is 9.08. The van der Waals surface area contributed by atoms with Gasteiger partial charge in [-0.05, 0) is 0 Å². The molecule has 4 rings (SSSR count). The average molecular weight is 390 g/mol. The predicted octanol–water partition coefficient (Wildman–Crippen LogP) is -1.61. The fourth-order valence-corrected chi connectivity index (χ4v) is 4.04. The lowest BCUT2D eigenvalue weighted by Crippen LogP contribution is -2.48. The van der Waals surface area contributed by atoms with Gasteiger partial charge in [0, 0.05) is 38.4 Å². The largest absolute Gasteiger partial charge is 0.380 e. The topological polar surface area (TPSA) is 128 Å². The maximum Gasteiger partial charge on any atom is 0.327 e. The van der Waals surface area contributed by atoms with Crippen molar-refractivity contribution in [3.05, 3.63) is 18.2 Å². The van der Waals surface area contributed by atoms with Crippen LogP contribution in [0, 0.1) is 11.3 Å². The molecule has 3 saturated heterocycles. The Bertz CT molecular complexity index is 811. The van der Waals surface area contributed by atoms with E-state index in [1.807, 2.05) is 0 Å². The molecule has 0 spiro atoms. The maximum absolute atomic E-state index is 12.9. The number of nitrogens with zero attached hydrogens (tertiary/aromatic N) is 4. The molecule has 0 radical (unpaired) electrons. The number of amides is 5. The van der Waals surface area contributed by atoms with Crippen LogP contribution in [0.4, 0.5) is 4.79 Å². The number of carbonyl (C=O) groups is 4. The van der Waals surface area contributed by atoms with Crippen molar-refractivity contribution in [2.75, 3.05) is 46.4 Å². The molecule has 0 bridgehead atoms. The fourth-order valence-electron chi connectivity index (χ4n) is 4.04. The van der Waals surface area contributed by atoms with Gasteiger partial charge in [0.05, 0.1) is 25.2 Å². The molecule has 0 unspecified atom stereocenters. The molecule has 1 aromatic rings. The number of likely N-dealkylation sites (tertiary alicyclic amines) is 1. The van der Waals surface area contributed by atoms with E-state index >= 15 is 0 Å². The van der Waals surface area contributed by atoms with Gasteiger partial charge in [-0.1, -0.05) is 0 Å². The summed E-state index contributed by atoms with van der Waals surface area (Å²) in [6.45, 7) is 1.11. The number of fused-ring (bicyclic) bond motifs is 1. The van der Waals surface area contributed by atoms with Gasteiger partial charge in [-0.3, -0.25) is 19.3 Å². The van der Waals surface area contributed by atoms with Gasteiger partial charge in [0.15, 0.2) is 0 Å². The number of imidazole rings is 1. The van der Waals surface area contributed by atoms with Gasteiger partial charge in [-0.2, -0.15) is 0 Å². The Hall–Kier alpha value is -2.95. The van der Waals surface area contributed by atoms with E-state index in [2.05, 4.69) is 15.3 Å². The highest BCUT2D eigenvalue weighted by molar-refractivity contribution is 6.04. The van der Waals surface area contributed by atoms with E-state index in [4.69, 9.17) is 4.74 Å². The highest BCUT2D eigenvalue weighted by Gasteiger charge is 2.56. The minimum atomic E-state index is -0.821. The van der Waals surface area contributed by atoms with Gasteiger partial charge in [0.1, 0.15) is 18.9 Å². The van der Waals surface area contributed by atoms with Crippen LogP contribution >= 0.6 is 0 Å². The lowest BCUT2D eigenvalue weighted by Gasteiger charge is -2.26. The molecule has 11 heteroatoms. The van der Waals surface area contributed by atoms with Crippen molar-refractivity contribution in [3.63, 3.8) is 0 Å². The number of ether oxygens (including phenoxy) is 1. The smallest absolute Gasteiger partial charge is 0.327 e. The molecule has 0 aromatic carbocycles. The zero-order valence-corrected chi connectivity index (χ0v) is 15.5. The summed E-state index contributed by atoms with van der Waals surface area (Å²) >= 11 is 0. The zero-order chi connectivity index (χ0) is 19.9. The lowest BCUT2D eigenvalue weighted by atomic mass is 9.80. The monoisotopic (exact) mass is 390 g/mol. The lowest BCUT2D eigenvalue weighted by molar-refractivity contribution is -0.137. The van der Waals surface area contributed by atoms with E-state index < -0.39 is 17.4 Å². The van der Waals surface area contributed by atoms with Crippen molar-refractivity contribution in [2.45, 2.75) is 6.54 Å². The average Bonchev–Trinajstić information content (AvgIpc) is 3.41. The molecular weight excluding hydrogens is 368 g/mol. The zero-order valence-electron chi connectivity index (χ0n) is 15.5. The van der Waals surface area contributed by atoms with Crippen LogP contribution in [0.3, 0.4) is 0 Å². The van der Waals surface area contributed by atoms with E-state index in [1.54, 1.807) is 17.3 Å². The molecule has 3 aliphatic heterocycles. The number of carbonyl (C=O) groups excluding carboxylic acids is 4. The summed E-state index contributed by atoms with van der Waals surface area (Å²) < 4.78 is 5.54. The summed E-state index contributed by atoms with van der Waals surface area (Å²) in [5.41, 5.74) is -0.821. The van der Waals surface area contributed by atoms with Crippen molar-refractivity contribution in [3.8, 4) is 0 Å². The molecule has 28 heavy (non-hydrogen) atoms. The summed E-state index contributed by atoms with van der Waals surface area (Å²) in [7, 11) is 1.51. The first kappa shape index (κ1) is 18.4. The molecule has 0 aliphatic carbocycles. The number of rotatable bonds is 5. The number of imide groups is 1. The quantitative estimate of drug-likeness (QED) is 0.583. The minimum Gasteiger partial charge on any atom is -0.380 e. The molecular formula is C17H22N6O5. The number of likely N-dealkylation sites (N-methyl/N-ethyl adjacent to an activating group) is 1.